The summed E-state index contributed by atoms with van der Waals surface area (Å²) >= 11 is 1.60. The Morgan fingerprint density at radius 3 is 2.91 bits per heavy atom. The van der Waals surface area contributed by atoms with Crippen molar-refractivity contribution in [3.8, 4) is 0 Å². The monoisotopic (exact) mass is 172 g/mol. The second-order valence-corrected chi connectivity index (χ2v) is 3.25. The van der Waals surface area contributed by atoms with E-state index in [0.29, 0.717) is 6.54 Å². The second-order valence-electron chi connectivity index (χ2n) is 2.42. The number of hydrogen-bond donors (Lipinski definition) is 1. The van der Waals surface area contributed by atoms with Crippen molar-refractivity contribution >= 4 is 16.5 Å². The summed E-state index contributed by atoms with van der Waals surface area (Å²) in [4.78, 5) is 6.20. The number of aliphatic hydroxyl groups excluding tert-OH is 1. The van der Waals surface area contributed by atoms with Crippen molar-refractivity contribution in [3.05, 3.63) is 11.1 Å². The number of aliphatic hydroxyl groups is 1. The molecule has 0 saturated carbocycles. The van der Waals surface area contributed by atoms with Gasteiger partial charge in [0.25, 0.3) is 0 Å². The number of rotatable bonds is 3. The van der Waals surface area contributed by atoms with E-state index >= 15 is 0 Å². The third kappa shape index (κ3) is 2.17. The summed E-state index contributed by atoms with van der Waals surface area (Å²) in [6.45, 7) is 2.79. The van der Waals surface area contributed by atoms with Gasteiger partial charge in [-0.2, -0.15) is 0 Å². The molecule has 62 valence electrons. The molecule has 0 amide bonds. The zero-order valence-electron chi connectivity index (χ0n) is 6.74. The average Bonchev–Trinajstić information content (AvgIpc) is 2.36. The zero-order valence-corrected chi connectivity index (χ0v) is 7.56. The normalized spacial score (nSPS) is 10.1. The van der Waals surface area contributed by atoms with Gasteiger partial charge in [-0.3, -0.25) is 0 Å². The van der Waals surface area contributed by atoms with Gasteiger partial charge in [0.1, 0.15) is 0 Å². The highest BCUT2D eigenvalue weighted by molar-refractivity contribution is 7.13. The standard InChI is InChI=1S/C7H12N2OS/c1-6-5-11-7(8-6)9(2)3-4-10/h5,10H,3-4H2,1-2H3. The van der Waals surface area contributed by atoms with Crippen LogP contribution in [0.4, 0.5) is 5.13 Å². The molecule has 1 heterocycles. The summed E-state index contributed by atoms with van der Waals surface area (Å²) in [5.41, 5.74) is 1.04. The van der Waals surface area contributed by atoms with Crippen molar-refractivity contribution in [2.75, 3.05) is 25.1 Å². The lowest BCUT2D eigenvalue weighted by Gasteiger charge is -2.12. The van der Waals surface area contributed by atoms with E-state index in [-0.39, 0.29) is 6.61 Å². The van der Waals surface area contributed by atoms with Gasteiger partial charge in [0.05, 0.1) is 12.3 Å². The van der Waals surface area contributed by atoms with Crippen molar-refractivity contribution in [3.63, 3.8) is 0 Å². The molecule has 1 aromatic rings. The van der Waals surface area contributed by atoms with Crippen LogP contribution in [0.15, 0.2) is 5.38 Å². The van der Waals surface area contributed by atoms with Gasteiger partial charge in [0.15, 0.2) is 5.13 Å². The molecule has 0 aliphatic rings. The molecular weight excluding hydrogens is 160 g/mol. The first-order valence-corrected chi connectivity index (χ1v) is 4.36. The maximum atomic E-state index is 8.64. The highest BCUT2D eigenvalue weighted by atomic mass is 32.1. The quantitative estimate of drug-likeness (QED) is 0.735. The lowest BCUT2D eigenvalue weighted by molar-refractivity contribution is 0.304. The highest BCUT2D eigenvalue weighted by Gasteiger charge is 2.02. The molecule has 0 aromatic carbocycles. The van der Waals surface area contributed by atoms with E-state index in [1.54, 1.807) is 11.3 Å². The van der Waals surface area contributed by atoms with Gasteiger partial charge in [0.2, 0.25) is 0 Å². The van der Waals surface area contributed by atoms with Crippen molar-refractivity contribution in [2.45, 2.75) is 6.92 Å². The van der Waals surface area contributed by atoms with Gasteiger partial charge in [-0.05, 0) is 6.92 Å². The summed E-state index contributed by atoms with van der Waals surface area (Å²) in [7, 11) is 1.93. The fraction of sp³-hybridized carbons (Fsp3) is 0.571. The number of nitrogens with zero attached hydrogens (tertiary/aromatic N) is 2. The van der Waals surface area contributed by atoms with Crippen molar-refractivity contribution in [2.24, 2.45) is 0 Å². The van der Waals surface area contributed by atoms with Crippen LogP contribution in [-0.4, -0.2) is 30.3 Å². The number of likely N-dealkylation sites (N-methyl/N-ethyl adjacent to an activating group) is 1. The molecule has 0 bridgehead atoms. The molecule has 0 unspecified atom stereocenters. The van der Waals surface area contributed by atoms with Crippen molar-refractivity contribution in [1.29, 1.82) is 0 Å². The number of anilines is 1. The molecule has 1 rings (SSSR count). The molecule has 11 heavy (non-hydrogen) atoms. The van der Waals surface area contributed by atoms with E-state index in [1.807, 2.05) is 24.3 Å². The zero-order chi connectivity index (χ0) is 8.27. The van der Waals surface area contributed by atoms with E-state index < -0.39 is 0 Å². The molecule has 0 spiro atoms. The summed E-state index contributed by atoms with van der Waals surface area (Å²) in [6, 6.07) is 0. The molecule has 0 aliphatic carbocycles. The van der Waals surface area contributed by atoms with Gasteiger partial charge in [-0.15, -0.1) is 11.3 Å². The number of aryl methyl sites for hydroxylation is 1. The second kappa shape index (κ2) is 3.69. The summed E-state index contributed by atoms with van der Waals surface area (Å²) in [5, 5.41) is 11.6. The lowest BCUT2D eigenvalue weighted by Crippen LogP contribution is -2.20. The first kappa shape index (κ1) is 8.49. The van der Waals surface area contributed by atoms with Crippen LogP contribution in [0.25, 0.3) is 0 Å². The van der Waals surface area contributed by atoms with Gasteiger partial charge in [-0.25, -0.2) is 4.98 Å². The molecule has 4 heteroatoms. The van der Waals surface area contributed by atoms with Crippen LogP contribution >= 0.6 is 11.3 Å². The molecule has 0 saturated heterocycles. The third-order valence-corrected chi connectivity index (χ3v) is 2.44. The topological polar surface area (TPSA) is 36.4 Å². The van der Waals surface area contributed by atoms with Crippen LogP contribution in [-0.2, 0) is 0 Å². The van der Waals surface area contributed by atoms with Gasteiger partial charge in [0, 0.05) is 19.0 Å². The molecule has 0 aliphatic heterocycles. The minimum absolute atomic E-state index is 0.176. The molecular formula is C7H12N2OS. The van der Waals surface area contributed by atoms with E-state index in [4.69, 9.17) is 5.11 Å². The first-order valence-electron chi connectivity index (χ1n) is 3.48. The molecule has 0 radical (unpaired) electrons. The predicted octanol–water partition coefficient (Wildman–Crippen LogP) is 0.880. The minimum Gasteiger partial charge on any atom is -0.395 e. The largest absolute Gasteiger partial charge is 0.395 e. The van der Waals surface area contributed by atoms with Gasteiger partial charge < -0.3 is 10.0 Å². The Bertz CT molecular complexity index is 224. The number of hydrogen-bond acceptors (Lipinski definition) is 4. The molecule has 0 fully saturated rings. The SMILES string of the molecule is Cc1csc(N(C)CCO)n1. The number of thiazole rings is 1. The van der Waals surface area contributed by atoms with E-state index in [2.05, 4.69) is 4.98 Å². The maximum absolute atomic E-state index is 8.64. The van der Waals surface area contributed by atoms with Crippen molar-refractivity contribution in [1.82, 2.24) is 4.98 Å². The Morgan fingerprint density at radius 2 is 2.45 bits per heavy atom. The molecule has 3 nitrogen and oxygen atoms in total. The Kier molecular flexibility index (Phi) is 2.84. The van der Waals surface area contributed by atoms with E-state index in [1.165, 1.54) is 0 Å². The fourth-order valence-electron chi connectivity index (χ4n) is 0.763. The highest BCUT2D eigenvalue weighted by Crippen LogP contribution is 2.17. The Labute approximate surface area is 70.3 Å². The summed E-state index contributed by atoms with van der Waals surface area (Å²) < 4.78 is 0. The van der Waals surface area contributed by atoms with Crippen LogP contribution in [0.2, 0.25) is 0 Å². The molecule has 1 aromatic heterocycles. The fourth-order valence-corrected chi connectivity index (χ4v) is 1.56. The van der Waals surface area contributed by atoms with Crippen molar-refractivity contribution < 1.29 is 5.11 Å². The first-order chi connectivity index (χ1) is 5.24. The van der Waals surface area contributed by atoms with Crippen LogP contribution in [0, 0.1) is 6.92 Å². The third-order valence-electron chi connectivity index (χ3n) is 1.37. The van der Waals surface area contributed by atoms with Gasteiger partial charge >= 0.3 is 0 Å². The number of aromatic nitrogens is 1. The van der Waals surface area contributed by atoms with Crippen LogP contribution < -0.4 is 4.90 Å². The molecule has 1 N–H and O–H groups in total. The minimum atomic E-state index is 0.176. The average molecular weight is 172 g/mol. The van der Waals surface area contributed by atoms with Gasteiger partial charge in [-0.1, -0.05) is 0 Å². The van der Waals surface area contributed by atoms with E-state index in [0.717, 1.165) is 10.8 Å². The van der Waals surface area contributed by atoms with Crippen LogP contribution in [0.1, 0.15) is 5.69 Å². The summed E-state index contributed by atoms with van der Waals surface area (Å²) in [5.74, 6) is 0. The predicted molar refractivity (Wildman–Crippen MR) is 47.2 cm³/mol. The Balaban J connectivity index is 2.60. The van der Waals surface area contributed by atoms with Crippen LogP contribution in [0.5, 0.6) is 0 Å². The lowest BCUT2D eigenvalue weighted by atomic mass is 10.6. The Morgan fingerprint density at radius 1 is 1.73 bits per heavy atom. The van der Waals surface area contributed by atoms with Crippen LogP contribution in [0.3, 0.4) is 0 Å². The molecule has 0 atom stereocenters. The Hall–Kier alpha value is -0.610. The van der Waals surface area contributed by atoms with E-state index in [9.17, 15) is 0 Å². The maximum Gasteiger partial charge on any atom is 0.185 e. The summed E-state index contributed by atoms with van der Waals surface area (Å²) in [6.07, 6.45) is 0. The smallest absolute Gasteiger partial charge is 0.185 e.